The summed E-state index contributed by atoms with van der Waals surface area (Å²) in [6, 6.07) is 17.1. The lowest BCUT2D eigenvalue weighted by Crippen LogP contribution is -2.32. The molecule has 1 atom stereocenters. The van der Waals surface area contributed by atoms with E-state index in [4.69, 9.17) is 5.73 Å². The summed E-state index contributed by atoms with van der Waals surface area (Å²) in [4.78, 5) is 15.0. The predicted octanol–water partition coefficient (Wildman–Crippen LogP) is 3.41. The number of benzene rings is 2. The Bertz CT molecular complexity index is 731. The van der Waals surface area contributed by atoms with Gasteiger partial charge < -0.3 is 11.1 Å². The van der Waals surface area contributed by atoms with E-state index in [-0.39, 0.29) is 11.4 Å². The highest BCUT2D eigenvalue weighted by Crippen LogP contribution is 2.52. The van der Waals surface area contributed by atoms with Crippen molar-refractivity contribution in [3.8, 4) is 0 Å². The lowest BCUT2D eigenvalue weighted by atomic mass is 10.0. The summed E-state index contributed by atoms with van der Waals surface area (Å²) in [7, 11) is 0. The molecule has 0 aromatic heterocycles. The molecule has 130 valence electrons. The number of carbonyl (C=O) groups is 1. The Kier molecular flexibility index (Phi) is 4.32. The van der Waals surface area contributed by atoms with Crippen LogP contribution < -0.4 is 11.1 Å². The second-order valence-corrected chi connectivity index (χ2v) is 7.18. The van der Waals surface area contributed by atoms with E-state index in [0.29, 0.717) is 0 Å². The summed E-state index contributed by atoms with van der Waals surface area (Å²) >= 11 is 0. The minimum absolute atomic E-state index is 0.181. The number of nitrogens with two attached hydrogens (primary N) is 1. The Morgan fingerprint density at radius 1 is 1.00 bits per heavy atom. The third-order valence-electron chi connectivity index (χ3n) is 5.57. The van der Waals surface area contributed by atoms with Crippen molar-refractivity contribution in [2.24, 2.45) is 5.73 Å². The maximum atomic E-state index is 12.4. The molecular weight excluding hydrogens is 310 g/mol. The van der Waals surface area contributed by atoms with Gasteiger partial charge in [0, 0.05) is 11.2 Å². The van der Waals surface area contributed by atoms with Gasteiger partial charge in [0.1, 0.15) is 6.04 Å². The Morgan fingerprint density at radius 3 is 2.24 bits per heavy atom. The number of nitrogens with zero attached hydrogens (tertiary/aromatic N) is 1. The Labute approximate surface area is 149 Å². The summed E-state index contributed by atoms with van der Waals surface area (Å²) in [5, 5.41) is 2.93. The van der Waals surface area contributed by atoms with Crippen LogP contribution in [0.15, 0.2) is 54.6 Å². The minimum atomic E-state index is -0.653. The van der Waals surface area contributed by atoms with E-state index < -0.39 is 6.04 Å². The molecule has 4 heteroatoms. The number of anilines is 1. The van der Waals surface area contributed by atoms with Crippen LogP contribution in [0.1, 0.15) is 42.9 Å². The van der Waals surface area contributed by atoms with Gasteiger partial charge >= 0.3 is 0 Å². The van der Waals surface area contributed by atoms with Crippen LogP contribution in [-0.4, -0.2) is 23.9 Å². The molecule has 0 bridgehead atoms. The highest BCUT2D eigenvalue weighted by molar-refractivity contribution is 5.95. The van der Waals surface area contributed by atoms with Gasteiger partial charge in [-0.15, -0.1) is 0 Å². The quantitative estimate of drug-likeness (QED) is 0.880. The molecule has 2 aromatic rings. The summed E-state index contributed by atoms with van der Waals surface area (Å²) in [5.41, 5.74) is 9.32. The van der Waals surface area contributed by atoms with Crippen LogP contribution in [0.3, 0.4) is 0 Å². The monoisotopic (exact) mass is 335 g/mol. The smallest absolute Gasteiger partial charge is 0.245 e. The molecule has 1 heterocycles. The Balaban J connectivity index is 1.43. The lowest BCUT2D eigenvalue weighted by Gasteiger charge is -2.28. The van der Waals surface area contributed by atoms with Crippen LogP contribution in [-0.2, 0) is 10.3 Å². The number of likely N-dealkylation sites (tertiary alicyclic amines) is 1. The molecule has 2 fully saturated rings. The second-order valence-electron chi connectivity index (χ2n) is 7.18. The average Bonchev–Trinajstić information content (AvgIpc) is 3.28. The van der Waals surface area contributed by atoms with Crippen molar-refractivity contribution in [3.63, 3.8) is 0 Å². The number of hydrogen-bond acceptors (Lipinski definition) is 3. The minimum Gasteiger partial charge on any atom is -0.324 e. The number of carbonyl (C=O) groups excluding carboxylic acids is 1. The van der Waals surface area contributed by atoms with E-state index >= 15 is 0 Å². The molecule has 0 radical (unpaired) electrons. The topological polar surface area (TPSA) is 58.4 Å². The molecular formula is C21H25N3O. The largest absolute Gasteiger partial charge is 0.324 e. The molecule has 1 unspecified atom stereocenters. The highest BCUT2D eigenvalue weighted by Gasteiger charge is 2.49. The Morgan fingerprint density at radius 2 is 1.64 bits per heavy atom. The lowest BCUT2D eigenvalue weighted by molar-refractivity contribution is -0.117. The van der Waals surface area contributed by atoms with Crippen molar-refractivity contribution in [1.29, 1.82) is 0 Å². The highest BCUT2D eigenvalue weighted by atomic mass is 16.2. The first-order chi connectivity index (χ1) is 12.2. The summed E-state index contributed by atoms with van der Waals surface area (Å²) in [6.07, 6.45) is 5.12. The van der Waals surface area contributed by atoms with Gasteiger partial charge in [0.15, 0.2) is 0 Å². The van der Waals surface area contributed by atoms with E-state index in [1.807, 2.05) is 42.5 Å². The van der Waals surface area contributed by atoms with Gasteiger partial charge in [0.2, 0.25) is 5.91 Å². The van der Waals surface area contributed by atoms with Crippen molar-refractivity contribution in [2.75, 3.05) is 18.4 Å². The van der Waals surface area contributed by atoms with Gasteiger partial charge in [-0.3, -0.25) is 9.69 Å². The normalized spacial score (nSPS) is 20.2. The van der Waals surface area contributed by atoms with E-state index in [1.165, 1.54) is 44.3 Å². The van der Waals surface area contributed by atoms with Gasteiger partial charge in [-0.2, -0.15) is 0 Å². The number of nitrogens with one attached hydrogen (secondary N) is 1. The van der Waals surface area contributed by atoms with Crippen LogP contribution in [0.25, 0.3) is 0 Å². The first-order valence-electron chi connectivity index (χ1n) is 9.16. The molecule has 2 aromatic carbocycles. The van der Waals surface area contributed by atoms with Crippen LogP contribution >= 0.6 is 0 Å². The van der Waals surface area contributed by atoms with Crippen molar-refractivity contribution in [3.05, 3.63) is 65.7 Å². The summed E-state index contributed by atoms with van der Waals surface area (Å²) in [5.74, 6) is -0.181. The molecule has 0 spiro atoms. The fraction of sp³-hybridized carbons (Fsp3) is 0.381. The fourth-order valence-corrected chi connectivity index (χ4v) is 3.95. The van der Waals surface area contributed by atoms with Gasteiger partial charge in [0.05, 0.1) is 0 Å². The van der Waals surface area contributed by atoms with Crippen molar-refractivity contribution in [1.82, 2.24) is 4.90 Å². The first-order valence-corrected chi connectivity index (χ1v) is 9.16. The zero-order valence-electron chi connectivity index (χ0n) is 14.4. The third-order valence-corrected chi connectivity index (χ3v) is 5.57. The van der Waals surface area contributed by atoms with Gasteiger partial charge in [0.25, 0.3) is 0 Å². The zero-order valence-corrected chi connectivity index (χ0v) is 14.4. The van der Waals surface area contributed by atoms with Crippen LogP contribution in [0.4, 0.5) is 5.69 Å². The maximum absolute atomic E-state index is 12.4. The molecule has 4 rings (SSSR count). The Hall–Kier alpha value is -2.17. The number of hydrogen-bond donors (Lipinski definition) is 2. The SMILES string of the molecule is NC(C(=O)Nc1ccc(C2(N3CCCC3)CC2)cc1)c1ccccc1. The molecule has 1 saturated heterocycles. The van der Waals surface area contributed by atoms with E-state index in [0.717, 1.165) is 11.3 Å². The predicted molar refractivity (Wildman–Crippen MR) is 100 cm³/mol. The van der Waals surface area contributed by atoms with Crippen LogP contribution in [0.5, 0.6) is 0 Å². The van der Waals surface area contributed by atoms with E-state index in [2.05, 4.69) is 22.3 Å². The zero-order chi connectivity index (χ0) is 17.3. The summed E-state index contributed by atoms with van der Waals surface area (Å²) in [6.45, 7) is 2.43. The molecule has 3 N–H and O–H groups in total. The molecule has 1 saturated carbocycles. The molecule has 25 heavy (non-hydrogen) atoms. The fourth-order valence-electron chi connectivity index (χ4n) is 3.95. The van der Waals surface area contributed by atoms with Gasteiger partial charge in [-0.1, -0.05) is 42.5 Å². The molecule has 1 aliphatic heterocycles. The van der Waals surface area contributed by atoms with Crippen molar-refractivity contribution >= 4 is 11.6 Å². The second kappa shape index (κ2) is 6.62. The van der Waals surface area contributed by atoms with E-state index in [9.17, 15) is 4.79 Å². The molecule has 4 nitrogen and oxygen atoms in total. The maximum Gasteiger partial charge on any atom is 0.245 e. The van der Waals surface area contributed by atoms with Crippen LogP contribution in [0.2, 0.25) is 0 Å². The number of rotatable bonds is 5. The third kappa shape index (κ3) is 3.20. The summed E-state index contributed by atoms with van der Waals surface area (Å²) < 4.78 is 0. The molecule has 1 amide bonds. The number of amides is 1. The van der Waals surface area contributed by atoms with Gasteiger partial charge in [-0.05, 0) is 62.0 Å². The van der Waals surface area contributed by atoms with Gasteiger partial charge in [-0.25, -0.2) is 0 Å². The standard InChI is InChI=1S/C21H25N3O/c22-19(16-6-2-1-3-7-16)20(25)23-18-10-8-17(9-11-18)21(12-13-21)24-14-4-5-15-24/h1-3,6-11,19H,4-5,12-15,22H2,(H,23,25). The first kappa shape index (κ1) is 16.3. The van der Waals surface area contributed by atoms with Crippen molar-refractivity contribution < 1.29 is 4.79 Å². The molecule has 2 aliphatic rings. The van der Waals surface area contributed by atoms with Crippen molar-refractivity contribution in [2.45, 2.75) is 37.3 Å². The van der Waals surface area contributed by atoms with E-state index in [1.54, 1.807) is 0 Å². The average molecular weight is 335 g/mol. The molecule has 1 aliphatic carbocycles. The van der Waals surface area contributed by atoms with Crippen LogP contribution in [0, 0.1) is 0 Å².